The molecule has 0 bridgehead atoms. The van der Waals surface area contributed by atoms with E-state index in [9.17, 15) is 9.59 Å². The first-order chi connectivity index (χ1) is 10.9. The number of nitrogens with zero attached hydrogens (tertiary/aromatic N) is 1. The van der Waals surface area contributed by atoms with Crippen molar-refractivity contribution in [2.75, 3.05) is 20.2 Å². The summed E-state index contributed by atoms with van der Waals surface area (Å²) in [5, 5.41) is 2.82. The highest BCUT2D eigenvalue weighted by atomic mass is 16.5. The van der Waals surface area contributed by atoms with Crippen LogP contribution in [0.4, 0.5) is 0 Å². The first-order valence-electron chi connectivity index (χ1n) is 7.84. The number of likely N-dealkylation sites (N-methyl/N-ethyl adjacent to an activating group) is 1. The van der Waals surface area contributed by atoms with Crippen molar-refractivity contribution in [2.24, 2.45) is 0 Å². The lowest BCUT2D eigenvalue weighted by molar-refractivity contribution is -0.133. The maximum atomic E-state index is 11.9. The number of fused-ring (bicyclic) bond motifs is 1. The largest absolute Gasteiger partial charge is 0.494 e. The molecule has 0 radical (unpaired) electrons. The molecule has 1 heterocycles. The van der Waals surface area contributed by atoms with Crippen LogP contribution >= 0.6 is 0 Å². The Morgan fingerprint density at radius 3 is 2.83 bits per heavy atom. The van der Waals surface area contributed by atoms with E-state index in [0.717, 1.165) is 29.0 Å². The number of ether oxygens (including phenoxy) is 2. The Hall–Kier alpha value is -2.24. The highest BCUT2D eigenvalue weighted by Crippen LogP contribution is 2.35. The molecule has 1 aliphatic rings. The highest BCUT2D eigenvalue weighted by Gasteiger charge is 2.22. The Morgan fingerprint density at radius 1 is 1.43 bits per heavy atom. The van der Waals surface area contributed by atoms with Crippen molar-refractivity contribution in [2.45, 2.75) is 39.8 Å². The van der Waals surface area contributed by atoms with Gasteiger partial charge in [-0.3, -0.25) is 9.59 Å². The molecule has 0 saturated carbocycles. The first kappa shape index (κ1) is 17.1. The number of carbonyl (C=O) groups is 2. The monoisotopic (exact) mass is 320 g/mol. The van der Waals surface area contributed by atoms with Crippen molar-refractivity contribution in [3.05, 3.63) is 23.3 Å². The normalized spacial score (nSPS) is 15.6. The topological polar surface area (TPSA) is 67.9 Å². The molecule has 1 atom stereocenters. The van der Waals surface area contributed by atoms with E-state index in [1.54, 1.807) is 7.05 Å². The third-order valence-corrected chi connectivity index (χ3v) is 3.77. The van der Waals surface area contributed by atoms with Gasteiger partial charge in [0.2, 0.25) is 11.8 Å². The average molecular weight is 320 g/mol. The van der Waals surface area contributed by atoms with Gasteiger partial charge in [0.1, 0.15) is 17.6 Å². The van der Waals surface area contributed by atoms with E-state index in [4.69, 9.17) is 9.47 Å². The molecule has 126 valence electrons. The zero-order valence-corrected chi connectivity index (χ0v) is 14.1. The van der Waals surface area contributed by atoms with Crippen LogP contribution in [0.5, 0.6) is 11.5 Å². The van der Waals surface area contributed by atoms with E-state index in [-0.39, 0.29) is 24.5 Å². The van der Waals surface area contributed by atoms with Gasteiger partial charge in [0, 0.05) is 38.1 Å². The summed E-state index contributed by atoms with van der Waals surface area (Å²) in [7, 11) is 1.60. The molecule has 6 nitrogen and oxygen atoms in total. The summed E-state index contributed by atoms with van der Waals surface area (Å²) in [5.74, 6) is 1.27. The van der Waals surface area contributed by atoms with Crippen molar-refractivity contribution in [1.29, 1.82) is 0 Å². The number of hydrogen-bond acceptors (Lipinski definition) is 4. The Morgan fingerprint density at radius 2 is 2.17 bits per heavy atom. The number of rotatable bonds is 6. The number of benzene rings is 1. The molecule has 0 aromatic heterocycles. The summed E-state index contributed by atoms with van der Waals surface area (Å²) in [5.41, 5.74) is 2.01. The maximum absolute atomic E-state index is 11.9. The predicted octanol–water partition coefficient (Wildman–Crippen LogP) is 1.50. The molecular weight excluding hydrogens is 296 g/mol. The lowest BCUT2D eigenvalue weighted by atomic mass is 10.1. The summed E-state index contributed by atoms with van der Waals surface area (Å²) in [6.45, 7) is 6.32. The molecule has 0 aliphatic carbocycles. The van der Waals surface area contributed by atoms with Crippen molar-refractivity contribution >= 4 is 11.8 Å². The van der Waals surface area contributed by atoms with Crippen LogP contribution in [0.25, 0.3) is 0 Å². The summed E-state index contributed by atoms with van der Waals surface area (Å²) in [6.07, 6.45) is 1.03. The van der Waals surface area contributed by atoms with E-state index in [1.807, 2.05) is 26.0 Å². The zero-order valence-electron chi connectivity index (χ0n) is 14.1. The molecule has 2 amide bonds. The molecule has 23 heavy (non-hydrogen) atoms. The Kier molecular flexibility index (Phi) is 5.47. The lowest BCUT2D eigenvalue weighted by Crippen LogP contribution is -2.37. The Labute approximate surface area is 136 Å². The van der Waals surface area contributed by atoms with Crippen LogP contribution in [0.15, 0.2) is 12.1 Å². The first-order valence-corrected chi connectivity index (χ1v) is 7.84. The van der Waals surface area contributed by atoms with Gasteiger partial charge < -0.3 is 19.7 Å². The number of hydrogen-bond donors (Lipinski definition) is 1. The predicted molar refractivity (Wildman–Crippen MR) is 86.6 cm³/mol. The molecule has 1 N–H and O–H groups in total. The third kappa shape index (κ3) is 4.37. The van der Waals surface area contributed by atoms with E-state index < -0.39 is 0 Å². The smallest absolute Gasteiger partial charge is 0.239 e. The van der Waals surface area contributed by atoms with Gasteiger partial charge in [0.25, 0.3) is 0 Å². The van der Waals surface area contributed by atoms with Gasteiger partial charge in [-0.25, -0.2) is 0 Å². The second-order valence-corrected chi connectivity index (χ2v) is 5.79. The maximum Gasteiger partial charge on any atom is 0.239 e. The molecule has 0 saturated heterocycles. The van der Waals surface area contributed by atoms with Gasteiger partial charge in [-0.15, -0.1) is 0 Å². The third-order valence-electron chi connectivity index (χ3n) is 3.77. The van der Waals surface area contributed by atoms with Crippen LogP contribution in [0.2, 0.25) is 0 Å². The van der Waals surface area contributed by atoms with E-state index >= 15 is 0 Å². The van der Waals surface area contributed by atoms with Crippen molar-refractivity contribution < 1.29 is 19.1 Å². The molecule has 2 rings (SSSR count). The Bertz CT molecular complexity index is 601. The van der Waals surface area contributed by atoms with Crippen LogP contribution in [-0.4, -0.2) is 43.0 Å². The minimum Gasteiger partial charge on any atom is -0.494 e. The van der Waals surface area contributed by atoms with Gasteiger partial charge in [-0.05, 0) is 26.0 Å². The van der Waals surface area contributed by atoms with Gasteiger partial charge in [-0.2, -0.15) is 0 Å². The molecule has 1 aromatic carbocycles. The standard InChI is InChI=1S/C17H24N2O4/c1-5-22-15-7-13-6-11(2)23-16(13)8-14(15)9-18-17(21)10-19(4)12(3)20/h7-8,11H,5-6,9-10H2,1-4H3,(H,18,21). The fourth-order valence-corrected chi connectivity index (χ4v) is 2.49. The Balaban J connectivity index is 2.05. The van der Waals surface area contributed by atoms with Gasteiger partial charge >= 0.3 is 0 Å². The fraction of sp³-hybridized carbons (Fsp3) is 0.529. The van der Waals surface area contributed by atoms with E-state index in [2.05, 4.69) is 5.32 Å². The molecule has 1 aromatic rings. The summed E-state index contributed by atoms with van der Waals surface area (Å²) < 4.78 is 11.4. The van der Waals surface area contributed by atoms with Crippen LogP contribution < -0.4 is 14.8 Å². The van der Waals surface area contributed by atoms with Crippen molar-refractivity contribution in [3.8, 4) is 11.5 Å². The van der Waals surface area contributed by atoms with E-state index in [1.165, 1.54) is 11.8 Å². The van der Waals surface area contributed by atoms with Crippen molar-refractivity contribution in [3.63, 3.8) is 0 Å². The fourth-order valence-electron chi connectivity index (χ4n) is 2.49. The van der Waals surface area contributed by atoms with E-state index in [0.29, 0.717) is 13.2 Å². The molecule has 0 fully saturated rings. The van der Waals surface area contributed by atoms with Crippen LogP contribution in [0.1, 0.15) is 31.9 Å². The summed E-state index contributed by atoms with van der Waals surface area (Å²) in [4.78, 5) is 24.4. The summed E-state index contributed by atoms with van der Waals surface area (Å²) in [6, 6.07) is 3.92. The molecule has 6 heteroatoms. The van der Waals surface area contributed by atoms with Crippen molar-refractivity contribution in [1.82, 2.24) is 10.2 Å². The second kappa shape index (κ2) is 7.35. The van der Waals surface area contributed by atoms with Gasteiger partial charge in [-0.1, -0.05) is 0 Å². The van der Waals surface area contributed by atoms with Crippen LogP contribution in [0.3, 0.4) is 0 Å². The van der Waals surface area contributed by atoms with Gasteiger partial charge in [0.15, 0.2) is 0 Å². The second-order valence-electron chi connectivity index (χ2n) is 5.79. The molecule has 1 aliphatic heterocycles. The number of amides is 2. The average Bonchev–Trinajstić information content (AvgIpc) is 2.84. The zero-order chi connectivity index (χ0) is 17.0. The van der Waals surface area contributed by atoms with Gasteiger partial charge in [0.05, 0.1) is 13.2 Å². The number of nitrogens with one attached hydrogen (secondary N) is 1. The lowest BCUT2D eigenvalue weighted by Gasteiger charge is -2.16. The SMILES string of the molecule is CCOc1cc2c(cc1CNC(=O)CN(C)C(C)=O)OC(C)C2. The minimum atomic E-state index is -0.208. The highest BCUT2D eigenvalue weighted by molar-refractivity contribution is 5.83. The quantitative estimate of drug-likeness (QED) is 0.862. The van der Waals surface area contributed by atoms with Crippen LogP contribution in [0, 0.1) is 0 Å². The number of carbonyl (C=O) groups excluding carboxylic acids is 2. The summed E-state index contributed by atoms with van der Waals surface area (Å²) >= 11 is 0. The van der Waals surface area contributed by atoms with Crippen LogP contribution in [-0.2, 0) is 22.6 Å². The molecule has 1 unspecified atom stereocenters. The molecular formula is C17H24N2O4. The minimum absolute atomic E-state index is 0.0395. The molecule has 0 spiro atoms.